The molecule has 1 saturated heterocycles. The number of quaternary nitrogens is 1. The van der Waals surface area contributed by atoms with Crippen molar-refractivity contribution in [3.05, 3.63) is 10.4 Å². The smallest absolute Gasteiger partial charge is 0.276 e. The number of rotatable bonds is 1. The van der Waals surface area contributed by atoms with Gasteiger partial charge in [0.25, 0.3) is 5.78 Å². The van der Waals surface area contributed by atoms with Crippen molar-refractivity contribution in [1.82, 2.24) is 25.0 Å². The van der Waals surface area contributed by atoms with Gasteiger partial charge >= 0.3 is 0 Å². The lowest BCUT2D eigenvalue weighted by atomic mass is 10.0. The predicted octanol–water partition coefficient (Wildman–Crippen LogP) is 0.684. The van der Waals surface area contributed by atoms with Crippen LogP contribution in [0.3, 0.4) is 0 Å². The van der Waals surface area contributed by atoms with Crippen molar-refractivity contribution in [2.75, 3.05) is 25.0 Å². The normalized spacial score (nSPS) is 24.7. The number of hydrogen-bond acceptors (Lipinski definition) is 6. The molecule has 7 nitrogen and oxygen atoms in total. The van der Waals surface area contributed by atoms with Gasteiger partial charge in [0.1, 0.15) is 17.2 Å². The number of piperidine rings is 1. The van der Waals surface area contributed by atoms with Gasteiger partial charge in [0.15, 0.2) is 0 Å². The molecule has 3 aromatic rings. The van der Waals surface area contributed by atoms with Gasteiger partial charge in [-0.15, -0.1) is 11.3 Å². The number of nitrogens with one attached hydrogen (secondary N) is 1. The molecule has 3 aromatic heterocycles. The third-order valence-electron chi connectivity index (χ3n) is 5.49. The van der Waals surface area contributed by atoms with Crippen LogP contribution in [0.5, 0.6) is 0 Å². The molecule has 24 heavy (non-hydrogen) atoms. The van der Waals surface area contributed by atoms with Crippen LogP contribution in [-0.4, -0.2) is 51.2 Å². The highest BCUT2D eigenvalue weighted by Gasteiger charge is 2.30. The summed E-state index contributed by atoms with van der Waals surface area (Å²) >= 11 is 1.85. The molecular weight excluding hydrogens is 322 g/mol. The molecule has 0 spiro atoms. The molecular formula is C16H22N7S+. The van der Waals surface area contributed by atoms with Gasteiger partial charge in [-0.2, -0.15) is 9.50 Å². The number of thiophene rings is 1. The second-order valence-electron chi connectivity index (χ2n) is 7.18. The Bertz CT molecular complexity index is 914. The third kappa shape index (κ3) is 2.05. The molecule has 5 rings (SSSR count). The highest BCUT2D eigenvalue weighted by atomic mass is 32.1. The number of anilines is 1. The van der Waals surface area contributed by atoms with E-state index in [2.05, 4.69) is 34.4 Å². The summed E-state index contributed by atoms with van der Waals surface area (Å²) in [5, 5.41) is 13.5. The molecule has 1 unspecified atom stereocenters. The van der Waals surface area contributed by atoms with Crippen molar-refractivity contribution in [3.8, 4) is 0 Å². The number of fused-ring (bicyclic) bond motifs is 5. The maximum atomic E-state index is 4.89. The molecule has 2 atom stereocenters. The van der Waals surface area contributed by atoms with E-state index in [9.17, 15) is 0 Å². The molecule has 1 N–H and O–H groups in total. The van der Waals surface area contributed by atoms with Gasteiger partial charge in [0.2, 0.25) is 0 Å². The Morgan fingerprint density at radius 1 is 1.29 bits per heavy atom. The minimum atomic E-state index is 0.528. The van der Waals surface area contributed by atoms with Gasteiger partial charge in [0, 0.05) is 19.0 Å². The fraction of sp³-hybridized carbons (Fsp3) is 0.625. The number of aromatic nitrogens is 5. The quantitative estimate of drug-likeness (QED) is 0.703. The zero-order valence-electron chi connectivity index (χ0n) is 14.1. The summed E-state index contributed by atoms with van der Waals surface area (Å²) in [6.07, 6.45) is 4.90. The van der Waals surface area contributed by atoms with Crippen LogP contribution in [0.25, 0.3) is 16.0 Å². The molecule has 0 aliphatic carbocycles. The lowest BCUT2D eigenvalue weighted by Crippen LogP contribution is -3.08. The van der Waals surface area contributed by atoms with Crippen molar-refractivity contribution in [1.29, 1.82) is 0 Å². The van der Waals surface area contributed by atoms with E-state index in [4.69, 9.17) is 4.98 Å². The number of likely N-dealkylation sites (N-methyl/N-ethyl adjacent to an activating group) is 1. The largest absolute Gasteiger partial charge is 0.353 e. The first-order valence-electron chi connectivity index (χ1n) is 8.82. The highest BCUT2D eigenvalue weighted by Crippen LogP contribution is 2.39. The van der Waals surface area contributed by atoms with Gasteiger partial charge in [-0.1, -0.05) is 5.10 Å². The molecule has 5 heterocycles. The van der Waals surface area contributed by atoms with Crippen LogP contribution >= 0.6 is 11.3 Å². The number of nitrogens with zero attached hydrogens (tertiary/aromatic N) is 6. The molecule has 0 aromatic carbocycles. The average molecular weight is 344 g/mol. The number of tetrazole rings is 1. The standard InChI is InChI=1S/C16H21N7S/c1-10-5-3-4-7-22(10)14-13-11-6-8-21(2)9-12(11)24-15(13)23-16(17-14)18-19-20-23/h10H,3-9H2,1-2H3/p+1/t10-/m1/s1. The highest BCUT2D eigenvalue weighted by molar-refractivity contribution is 7.19. The Hall–Kier alpha value is -1.80. The summed E-state index contributed by atoms with van der Waals surface area (Å²) in [6, 6.07) is 0.528. The average Bonchev–Trinajstić information content (AvgIpc) is 3.17. The first-order chi connectivity index (χ1) is 11.7. The molecule has 2 aliphatic rings. The Kier molecular flexibility index (Phi) is 3.24. The summed E-state index contributed by atoms with van der Waals surface area (Å²) in [5.41, 5.74) is 1.48. The van der Waals surface area contributed by atoms with Crippen LogP contribution in [0.2, 0.25) is 0 Å². The van der Waals surface area contributed by atoms with E-state index in [-0.39, 0.29) is 0 Å². The van der Waals surface area contributed by atoms with E-state index in [0.717, 1.165) is 30.2 Å². The Balaban J connectivity index is 1.80. The second-order valence-corrected chi connectivity index (χ2v) is 8.27. The summed E-state index contributed by atoms with van der Waals surface area (Å²) in [5.74, 6) is 1.73. The van der Waals surface area contributed by atoms with Crippen molar-refractivity contribution in [2.45, 2.75) is 45.2 Å². The Morgan fingerprint density at radius 3 is 3.08 bits per heavy atom. The van der Waals surface area contributed by atoms with Gasteiger partial charge in [-0.3, -0.25) is 0 Å². The molecule has 2 aliphatic heterocycles. The lowest BCUT2D eigenvalue weighted by Gasteiger charge is -2.35. The maximum absolute atomic E-state index is 4.89. The summed E-state index contributed by atoms with van der Waals surface area (Å²) in [7, 11) is 2.27. The molecule has 8 heteroatoms. The molecule has 0 radical (unpaired) electrons. The van der Waals surface area contributed by atoms with Crippen molar-refractivity contribution >= 4 is 33.1 Å². The van der Waals surface area contributed by atoms with E-state index in [1.54, 1.807) is 4.90 Å². The summed E-state index contributed by atoms with van der Waals surface area (Å²) < 4.78 is 1.83. The molecule has 1 fully saturated rings. The van der Waals surface area contributed by atoms with Crippen LogP contribution in [0.4, 0.5) is 5.82 Å². The lowest BCUT2D eigenvalue weighted by molar-refractivity contribution is -0.895. The fourth-order valence-corrected chi connectivity index (χ4v) is 5.54. The van der Waals surface area contributed by atoms with E-state index < -0.39 is 0 Å². The van der Waals surface area contributed by atoms with Crippen LogP contribution in [-0.2, 0) is 13.0 Å². The summed E-state index contributed by atoms with van der Waals surface area (Å²) in [4.78, 5) is 11.6. The topological polar surface area (TPSA) is 63.7 Å². The monoisotopic (exact) mass is 344 g/mol. The maximum Gasteiger partial charge on any atom is 0.276 e. The van der Waals surface area contributed by atoms with E-state index in [1.807, 2.05) is 15.9 Å². The molecule has 0 saturated carbocycles. The van der Waals surface area contributed by atoms with Crippen LogP contribution in [0, 0.1) is 0 Å². The minimum absolute atomic E-state index is 0.528. The Morgan fingerprint density at radius 2 is 2.21 bits per heavy atom. The second kappa shape index (κ2) is 5.35. The van der Waals surface area contributed by atoms with E-state index in [0.29, 0.717) is 11.8 Å². The fourth-order valence-electron chi connectivity index (χ4n) is 4.14. The van der Waals surface area contributed by atoms with Gasteiger partial charge in [-0.25, -0.2) is 0 Å². The first-order valence-corrected chi connectivity index (χ1v) is 9.64. The zero-order chi connectivity index (χ0) is 16.3. The molecule has 0 amide bonds. The van der Waals surface area contributed by atoms with Crippen molar-refractivity contribution in [3.63, 3.8) is 0 Å². The van der Waals surface area contributed by atoms with Crippen LogP contribution in [0.15, 0.2) is 0 Å². The predicted molar refractivity (Wildman–Crippen MR) is 93.8 cm³/mol. The third-order valence-corrected chi connectivity index (χ3v) is 6.69. The van der Waals surface area contributed by atoms with Crippen molar-refractivity contribution in [2.24, 2.45) is 0 Å². The van der Waals surface area contributed by atoms with E-state index >= 15 is 0 Å². The zero-order valence-corrected chi connectivity index (χ0v) is 14.9. The van der Waals surface area contributed by atoms with Gasteiger partial charge in [0.05, 0.1) is 23.9 Å². The minimum Gasteiger partial charge on any atom is -0.353 e. The first kappa shape index (κ1) is 14.5. The van der Waals surface area contributed by atoms with Gasteiger partial charge in [-0.05, 0) is 42.2 Å². The van der Waals surface area contributed by atoms with Gasteiger partial charge < -0.3 is 9.80 Å². The van der Waals surface area contributed by atoms with Crippen LogP contribution < -0.4 is 9.80 Å². The molecule has 0 bridgehead atoms. The Labute approximate surface area is 144 Å². The molecule has 126 valence electrons. The van der Waals surface area contributed by atoms with Crippen LogP contribution in [0.1, 0.15) is 36.6 Å². The van der Waals surface area contributed by atoms with Crippen molar-refractivity contribution < 1.29 is 4.90 Å². The summed E-state index contributed by atoms with van der Waals surface area (Å²) in [6.45, 7) is 5.67. The number of hydrogen-bond donors (Lipinski definition) is 1. The SMILES string of the molecule is C[C@@H]1CCCCN1c1nc2nnnn2c2sc3c(c12)CC[NH+](C)C3. The van der Waals surface area contributed by atoms with E-state index in [1.165, 1.54) is 41.6 Å².